The highest BCUT2D eigenvalue weighted by molar-refractivity contribution is 8.00. The Morgan fingerprint density at radius 1 is 1.22 bits per heavy atom. The van der Waals surface area contributed by atoms with E-state index >= 15 is 0 Å². The van der Waals surface area contributed by atoms with Crippen LogP contribution in [0.5, 0.6) is 0 Å². The molecule has 0 radical (unpaired) electrons. The Labute approximate surface area is 169 Å². The second-order valence-electron chi connectivity index (χ2n) is 5.68. The van der Waals surface area contributed by atoms with Gasteiger partial charge in [0.2, 0.25) is 5.91 Å². The van der Waals surface area contributed by atoms with Crippen LogP contribution in [0.2, 0.25) is 10.0 Å². The SMILES string of the molecule is CC1Sc2ccc(C(=O)OCC(=O)Nc3c(Cl)cccc3Cl)cc2NC1=O. The van der Waals surface area contributed by atoms with Crippen molar-refractivity contribution < 1.29 is 19.1 Å². The first-order valence-corrected chi connectivity index (χ1v) is 9.51. The van der Waals surface area contributed by atoms with E-state index in [0.29, 0.717) is 5.69 Å². The molecule has 0 bridgehead atoms. The Morgan fingerprint density at radius 3 is 2.63 bits per heavy atom. The number of halogens is 2. The smallest absolute Gasteiger partial charge is 0.338 e. The number of carbonyl (C=O) groups excluding carboxylic acids is 3. The normalized spacial score (nSPS) is 15.5. The minimum Gasteiger partial charge on any atom is -0.452 e. The van der Waals surface area contributed by atoms with Crippen LogP contribution in [0.15, 0.2) is 41.3 Å². The zero-order chi connectivity index (χ0) is 19.6. The number of nitrogens with one attached hydrogen (secondary N) is 2. The number of rotatable bonds is 4. The van der Waals surface area contributed by atoms with Gasteiger partial charge in [-0.2, -0.15) is 0 Å². The van der Waals surface area contributed by atoms with Crippen LogP contribution in [-0.4, -0.2) is 29.6 Å². The largest absolute Gasteiger partial charge is 0.452 e. The summed E-state index contributed by atoms with van der Waals surface area (Å²) in [4.78, 5) is 36.8. The summed E-state index contributed by atoms with van der Waals surface area (Å²) in [7, 11) is 0. The van der Waals surface area contributed by atoms with Gasteiger partial charge in [-0.1, -0.05) is 29.3 Å². The number of amides is 2. The van der Waals surface area contributed by atoms with E-state index < -0.39 is 18.5 Å². The number of para-hydroxylation sites is 1. The maximum Gasteiger partial charge on any atom is 0.338 e. The van der Waals surface area contributed by atoms with Crippen molar-refractivity contribution in [3.63, 3.8) is 0 Å². The van der Waals surface area contributed by atoms with Gasteiger partial charge >= 0.3 is 5.97 Å². The van der Waals surface area contributed by atoms with Crippen molar-refractivity contribution in [1.29, 1.82) is 0 Å². The highest BCUT2D eigenvalue weighted by atomic mass is 35.5. The molecule has 1 aliphatic heterocycles. The minimum atomic E-state index is -0.684. The maximum atomic E-state index is 12.2. The molecule has 1 unspecified atom stereocenters. The summed E-state index contributed by atoms with van der Waals surface area (Å²) < 4.78 is 5.02. The van der Waals surface area contributed by atoms with E-state index in [0.717, 1.165) is 4.90 Å². The number of benzene rings is 2. The molecule has 27 heavy (non-hydrogen) atoms. The molecule has 9 heteroatoms. The number of hydrogen-bond acceptors (Lipinski definition) is 5. The van der Waals surface area contributed by atoms with Crippen LogP contribution >= 0.6 is 35.0 Å². The van der Waals surface area contributed by atoms with E-state index in [1.807, 2.05) is 0 Å². The molecule has 140 valence electrons. The highest BCUT2D eigenvalue weighted by Gasteiger charge is 2.24. The third kappa shape index (κ3) is 4.55. The van der Waals surface area contributed by atoms with Crippen LogP contribution in [0, 0.1) is 0 Å². The first kappa shape index (κ1) is 19.5. The summed E-state index contributed by atoms with van der Waals surface area (Å²) in [5.41, 5.74) is 1.03. The Kier molecular flexibility index (Phi) is 5.94. The van der Waals surface area contributed by atoms with Crippen molar-refractivity contribution in [2.75, 3.05) is 17.2 Å². The lowest BCUT2D eigenvalue weighted by Gasteiger charge is -2.21. The van der Waals surface area contributed by atoms with Gasteiger partial charge in [0.05, 0.1) is 32.2 Å². The van der Waals surface area contributed by atoms with Gasteiger partial charge in [-0.25, -0.2) is 4.79 Å². The predicted molar refractivity (Wildman–Crippen MR) is 106 cm³/mol. The van der Waals surface area contributed by atoms with Gasteiger partial charge in [0.25, 0.3) is 5.91 Å². The highest BCUT2D eigenvalue weighted by Crippen LogP contribution is 2.36. The number of hydrogen-bond donors (Lipinski definition) is 2. The molecule has 3 rings (SSSR count). The van der Waals surface area contributed by atoms with Crippen molar-refractivity contribution >= 4 is 64.1 Å². The lowest BCUT2D eigenvalue weighted by atomic mass is 10.2. The number of thioether (sulfide) groups is 1. The Hall–Kier alpha value is -2.22. The van der Waals surface area contributed by atoms with E-state index in [1.54, 1.807) is 37.3 Å². The molecule has 0 spiro atoms. The Balaban J connectivity index is 1.62. The lowest BCUT2D eigenvalue weighted by Crippen LogP contribution is -2.26. The van der Waals surface area contributed by atoms with Gasteiger partial charge in [0, 0.05) is 4.90 Å². The van der Waals surface area contributed by atoms with Gasteiger partial charge in [-0.05, 0) is 37.3 Å². The van der Waals surface area contributed by atoms with E-state index in [-0.39, 0.29) is 32.5 Å². The third-order valence-electron chi connectivity index (χ3n) is 3.71. The predicted octanol–water partition coefficient (Wildman–Crippen LogP) is 4.22. The number of carbonyl (C=O) groups is 3. The van der Waals surface area contributed by atoms with Crippen LogP contribution in [-0.2, 0) is 14.3 Å². The number of fused-ring (bicyclic) bond motifs is 1. The van der Waals surface area contributed by atoms with Crippen molar-refractivity contribution in [2.24, 2.45) is 0 Å². The summed E-state index contributed by atoms with van der Waals surface area (Å²) in [6.07, 6.45) is 0. The fourth-order valence-electron chi connectivity index (χ4n) is 2.34. The van der Waals surface area contributed by atoms with Crippen LogP contribution in [0.1, 0.15) is 17.3 Å². The Morgan fingerprint density at radius 2 is 1.93 bits per heavy atom. The van der Waals surface area contributed by atoms with E-state index in [4.69, 9.17) is 27.9 Å². The molecule has 1 atom stereocenters. The second kappa shape index (κ2) is 8.21. The molecular formula is C18H14Cl2N2O4S. The van der Waals surface area contributed by atoms with Crippen LogP contribution in [0.25, 0.3) is 0 Å². The van der Waals surface area contributed by atoms with Gasteiger partial charge in [-0.3, -0.25) is 9.59 Å². The fourth-order valence-corrected chi connectivity index (χ4v) is 3.77. The molecule has 2 aromatic carbocycles. The standard InChI is InChI=1S/C18H14Cl2N2O4S/c1-9-17(24)21-13-7-10(5-6-14(13)27-9)18(25)26-8-15(23)22-16-11(19)3-2-4-12(16)20/h2-7,9H,8H2,1H3,(H,21,24)(H,22,23). The van der Waals surface area contributed by atoms with Crippen molar-refractivity contribution in [2.45, 2.75) is 17.1 Å². The first-order valence-electron chi connectivity index (χ1n) is 7.87. The fraction of sp³-hybridized carbons (Fsp3) is 0.167. The summed E-state index contributed by atoms with van der Waals surface area (Å²) in [5.74, 6) is -1.39. The topological polar surface area (TPSA) is 84.5 Å². The summed E-state index contributed by atoms with van der Waals surface area (Å²) in [6.45, 7) is 1.30. The molecule has 0 saturated carbocycles. The molecular weight excluding hydrogens is 411 g/mol. The average molecular weight is 425 g/mol. The van der Waals surface area contributed by atoms with Crippen molar-refractivity contribution in [3.05, 3.63) is 52.0 Å². The van der Waals surface area contributed by atoms with Gasteiger partial charge in [-0.15, -0.1) is 11.8 Å². The van der Waals surface area contributed by atoms with E-state index in [9.17, 15) is 14.4 Å². The molecule has 2 N–H and O–H groups in total. The number of ether oxygens (including phenoxy) is 1. The van der Waals surface area contributed by atoms with Crippen molar-refractivity contribution in [1.82, 2.24) is 0 Å². The lowest BCUT2D eigenvalue weighted by molar-refractivity contribution is -0.119. The monoisotopic (exact) mass is 424 g/mol. The molecule has 0 aliphatic carbocycles. The molecule has 1 heterocycles. The van der Waals surface area contributed by atoms with Gasteiger partial charge in [0.15, 0.2) is 6.61 Å². The van der Waals surface area contributed by atoms with Gasteiger partial charge in [0.1, 0.15) is 0 Å². The number of esters is 1. The second-order valence-corrected chi connectivity index (χ2v) is 7.88. The van der Waals surface area contributed by atoms with Crippen molar-refractivity contribution in [3.8, 4) is 0 Å². The van der Waals surface area contributed by atoms with E-state index in [2.05, 4.69) is 10.6 Å². The maximum absolute atomic E-state index is 12.2. The first-order chi connectivity index (χ1) is 12.8. The zero-order valence-corrected chi connectivity index (χ0v) is 16.4. The Bertz CT molecular complexity index is 915. The van der Waals surface area contributed by atoms with Gasteiger partial charge < -0.3 is 15.4 Å². The van der Waals surface area contributed by atoms with Crippen LogP contribution in [0.4, 0.5) is 11.4 Å². The molecule has 2 amide bonds. The number of anilines is 2. The molecule has 0 saturated heterocycles. The molecule has 1 aliphatic rings. The van der Waals surface area contributed by atoms with Crippen LogP contribution < -0.4 is 10.6 Å². The summed E-state index contributed by atoms with van der Waals surface area (Å²) >= 11 is 13.4. The quantitative estimate of drug-likeness (QED) is 0.717. The molecule has 2 aromatic rings. The molecule has 0 fully saturated rings. The van der Waals surface area contributed by atoms with Crippen LogP contribution in [0.3, 0.4) is 0 Å². The molecule has 6 nitrogen and oxygen atoms in total. The minimum absolute atomic E-state index is 0.131. The van der Waals surface area contributed by atoms with E-state index in [1.165, 1.54) is 17.8 Å². The third-order valence-corrected chi connectivity index (χ3v) is 5.52. The zero-order valence-electron chi connectivity index (χ0n) is 14.0. The average Bonchev–Trinajstić information content (AvgIpc) is 2.63. The summed E-state index contributed by atoms with van der Waals surface area (Å²) in [6, 6.07) is 9.65. The summed E-state index contributed by atoms with van der Waals surface area (Å²) in [5, 5.41) is 5.60. The molecule has 0 aromatic heterocycles.